The van der Waals surface area contributed by atoms with Crippen LogP contribution in [0.5, 0.6) is 17.2 Å². The average Bonchev–Trinajstić information content (AvgIpc) is 3.64. The quantitative estimate of drug-likeness (QED) is 0.162. The van der Waals surface area contributed by atoms with Crippen molar-refractivity contribution in [3.8, 4) is 22.9 Å². The number of ether oxygens (including phenoxy) is 3. The first-order chi connectivity index (χ1) is 19.5. The summed E-state index contributed by atoms with van der Waals surface area (Å²) in [6.45, 7) is 2.82. The van der Waals surface area contributed by atoms with Gasteiger partial charge in [0, 0.05) is 23.2 Å². The molecule has 0 fully saturated rings. The molecule has 2 aromatic heterocycles. The summed E-state index contributed by atoms with van der Waals surface area (Å²) in [5.41, 5.74) is 1.09. The molecule has 0 saturated heterocycles. The van der Waals surface area contributed by atoms with Gasteiger partial charge in [-0.2, -0.15) is 0 Å². The molecule has 2 aromatic carbocycles. The normalized spacial score (nSPS) is 10.7. The van der Waals surface area contributed by atoms with E-state index < -0.39 is 0 Å². The molecule has 40 heavy (non-hydrogen) atoms. The largest absolute Gasteiger partial charge is 0.497 e. The third kappa shape index (κ3) is 7.51. The summed E-state index contributed by atoms with van der Waals surface area (Å²) in [4.78, 5) is 29.5. The van der Waals surface area contributed by atoms with Crippen molar-refractivity contribution in [1.29, 1.82) is 0 Å². The summed E-state index contributed by atoms with van der Waals surface area (Å²) in [6, 6.07) is 12.3. The summed E-state index contributed by atoms with van der Waals surface area (Å²) in [5.74, 6) is 1.87. The third-order valence-electron chi connectivity index (χ3n) is 5.63. The first-order valence-corrected chi connectivity index (χ1v) is 14.4. The minimum absolute atomic E-state index is 0.0725. The topological polar surface area (TPSA) is 129 Å². The molecule has 210 valence electrons. The minimum atomic E-state index is -0.274. The van der Waals surface area contributed by atoms with E-state index in [4.69, 9.17) is 14.2 Å². The van der Waals surface area contributed by atoms with Crippen LogP contribution in [0.2, 0.25) is 0 Å². The molecule has 0 spiro atoms. The van der Waals surface area contributed by atoms with Gasteiger partial charge < -0.3 is 24.8 Å². The zero-order valence-corrected chi connectivity index (χ0v) is 24.0. The molecule has 0 saturated carbocycles. The number of methoxy groups -OCH3 is 2. The number of amides is 2. The Bertz CT molecular complexity index is 1410. The number of carbonyl (C=O) groups excluding carboxylic acids is 2. The second-order valence-electron chi connectivity index (χ2n) is 8.36. The Hall–Kier alpha value is -4.10. The highest BCUT2D eigenvalue weighted by Gasteiger charge is 2.20. The van der Waals surface area contributed by atoms with E-state index in [0.29, 0.717) is 45.5 Å². The molecular formula is C27H30N6O5S2. The van der Waals surface area contributed by atoms with Crippen molar-refractivity contribution in [1.82, 2.24) is 25.1 Å². The fourth-order valence-corrected chi connectivity index (χ4v) is 4.90. The zero-order valence-electron chi connectivity index (χ0n) is 22.4. The number of rotatable bonds is 14. The second-order valence-corrected chi connectivity index (χ2v) is 10.2. The Labute approximate surface area is 240 Å². The highest BCUT2D eigenvalue weighted by Crippen LogP contribution is 2.32. The van der Waals surface area contributed by atoms with Crippen LogP contribution in [0.15, 0.2) is 59.2 Å². The molecule has 2 amide bonds. The maximum atomic E-state index is 12.9. The molecule has 11 nitrogen and oxygen atoms in total. The first-order valence-electron chi connectivity index (χ1n) is 12.5. The van der Waals surface area contributed by atoms with Crippen molar-refractivity contribution < 1.29 is 23.8 Å². The Kier molecular flexibility index (Phi) is 10.4. The molecule has 0 aliphatic heterocycles. The summed E-state index contributed by atoms with van der Waals surface area (Å²) in [7, 11) is 3.12. The van der Waals surface area contributed by atoms with E-state index in [1.54, 1.807) is 72.8 Å². The summed E-state index contributed by atoms with van der Waals surface area (Å²) in [5, 5.41) is 17.0. The van der Waals surface area contributed by atoms with Crippen LogP contribution in [0, 0.1) is 0 Å². The molecule has 0 atom stereocenters. The molecule has 2 N–H and O–H groups in total. The molecule has 4 aromatic rings. The van der Waals surface area contributed by atoms with Crippen molar-refractivity contribution in [2.45, 2.75) is 31.5 Å². The van der Waals surface area contributed by atoms with Gasteiger partial charge in [-0.25, -0.2) is 4.98 Å². The summed E-state index contributed by atoms with van der Waals surface area (Å²) >= 11 is 2.53. The number of nitrogens with one attached hydrogen (secondary N) is 2. The molecule has 0 aliphatic carbocycles. The van der Waals surface area contributed by atoms with Crippen molar-refractivity contribution in [3.63, 3.8) is 0 Å². The van der Waals surface area contributed by atoms with E-state index >= 15 is 0 Å². The Morgan fingerprint density at radius 2 is 1.85 bits per heavy atom. The number of thiazole rings is 1. The SMILES string of the molecule is CCCCOc1ccc(C(=O)NCc2nnc(SCC(=O)Nc3nccs3)n2-c2cc(OC)ccc2OC)cc1. The number of unbranched alkanes of at least 4 members (excludes halogenated alkanes) is 1. The average molecular weight is 583 g/mol. The molecular weight excluding hydrogens is 552 g/mol. The van der Waals surface area contributed by atoms with Crippen molar-refractivity contribution >= 4 is 40.0 Å². The molecule has 0 aliphatic rings. The first kappa shape index (κ1) is 28.9. The van der Waals surface area contributed by atoms with Gasteiger partial charge in [0.25, 0.3) is 5.91 Å². The van der Waals surface area contributed by atoms with Gasteiger partial charge in [-0.15, -0.1) is 21.5 Å². The van der Waals surface area contributed by atoms with E-state index in [1.165, 1.54) is 23.1 Å². The lowest BCUT2D eigenvalue weighted by atomic mass is 10.2. The smallest absolute Gasteiger partial charge is 0.251 e. The number of anilines is 1. The highest BCUT2D eigenvalue weighted by molar-refractivity contribution is 7.99. The van der Waals surface area contributed by atoms with Crippen LogP contribution in [0.25, 0.3) is 5.69 Å². The predicted molar refractivity (Wildman–Crippen MR) is 154 cm³/mol. The number of nitrogens with zero attached hydrogens (tertiary/aromatic N) is 4. The van der Waals surface area contributed by atoms with Crippen molar-refractivity contribution in [2.75, 3.05) is 31.9 Å². The van der Waals surface area contributed by atoms with Crippen LogP contribution >= 0.6 is 23.1 Å². The Morgan fingerprint density at radius 3 is 2.55 bits per heavy atom. The molecule has 0 bridgehead atoms. The van der Waals surface area contributed by atoms with Gasteiger partial charge in [-0.05, 0) is 42.8 Å². The maximum absolute atomic E-state index is 12.9. The van der Waals surface area contributed by atoms with E-state index in [-0.39, 0.29) is 24.1 Å². The fourth-order valence-electron chi connectivity index (χ4n) is 3.59. The number of thioether (sulfide) groups is 1. The van der Waals surface area contributed by atoms with Gasteiger partial charge in [0.2, 0.25) is 5.91 Å². The lowest BCUT2D eigenvalue weighted by Gasteiger charge is -2.15. The van der Waals surface area contributed by atoms with Crippen LogP contribution in [0.4, 0.5) is 5.13 Å². The van der Waals surface area contributed by atoms with Crippen LogP contribution in [-0.2, 0) is 11.3 Å². The monoisotopic (exact) mass is 582 g/mol. The molecule has 0 radical (unpaired) electrons. The van der Waals surface area contributed by atoms with Crippen LogP contribution in [0.1, 0.15) is 35.9 Å². The Balaban J connectivity index is 1.53. The minimum Gasteiger partial charge on any atom is -0.497 e. The second kappa shape index (κ2) is 14.3. The number of aromatic nitrogens is 4. The number of carbonyl (C=O) groups is 2. The lowest BCUT2D eigenvalue weighted by molar-refractivity contribution is -0.113. The van der Waals surface area contributed by atoms with Gasteiger partial charge in [-0.1, -0.05) is 25.1 Å². The zero-order chi connectivity index (χ0) is 28.3. The summed E-state index contributed by atoms with van der Waals surface area (Å²) < 4.78 is 18.4. The lowest BCUT2D eigenvalue weighted by Crippen LogP contribution is -2.24. The van der Waals surface area contributed by atoms with Gasteiger partial charge in [0.15, 0.2) is 16.1 Å². The highest BCUT2D eigenvalue weighted by atomic mass is 32.2. The third-order valence-corrected chi connectivity index (χ3v) is 7.25. The molecule has 4 rings (SSSR count). The van der Waals surface area contributed by atoms with Crippen molar-refractivity contribution in [3.05, 3.63) is 65.4 Å². The van der Waals surface area contributed by atoms with E-state index in [1.807, 2.05) is 0 Å². The van der Waals surface area contributed by atoms with Gasteiger partial charge >= 0.3 is 0 Å². The fraction of sp³-hybridized carbons (Fsp3) is 0.296. The number of hydrogen-bond acceptors (Lipinski definition) is 10. The van der Waals surface area contributed by atoms with E-state index in [2.05, 4.69) is 32.7 Å². The molecule has 13 heteroatoms. The standard InChI is InChI=1S/C27H30N6O5S2/c1-4-5-13-38-19-8-6-18(7-9-19)25(35)29-16-23-31-32-27(40-17-24(34)30-26-28-12-14-39-26)33(23)21-15-20(36-2)10-11-22(21)37-3/h6-12,14-15H,4-5,13,16-17H2,1-3H3,(H,29,35)(H,28,30,34). The van der Waals surface area contributed by atoms with Crippen LogP contribution in [0.3, 0.4) is 0 Å². The molecule has 2 heterocycles. The number of hydrogen-bond donors (Lipinski definition) is 2. The van der Waals surface area contributed by atoms with E-state index in [9.17, 15) is 9.59 Å². The van der Waals surface area contributed by atoms with E-state index in [0.717, 1.165) is 18.6 Å². The van der Waals surface area contributed by atoms with Crippen molar-refractivity contribution in [2.24, 2.45) is 0 Å². The van der Waals surface area contributed by atoms with Gasteiger partial charge in [0.05, 0.1) is 38.8 Å². The maximum Gasteiger partial charge on any atom is 0.251 e. The molecule has 0 unspecified atom stereocenters. The van der Waals surface area contributed by atoms with Crippen LogP contribution < -0.4 is 24.8 Å². The Morgan fingerprint density at radius 1 is 1.05 bits per heavy atom. The predicted octanol–water partition coefficient (Wildman–Crippen LogP) is 4.58. The van der Waals surface area contributed by atoms with Gasteiger partial charge in [0.1, 0.15) is 17.2 Å². The number of benzene rings is 2. The van der Waals surface area contributed by atoms with Crippen LogP contribution in [-0.4, -0.2) is 58.1 Å². The van der Waals surface area contributed by atoms with Gasteiger partial charge in [-0.3, -0.25) is 14.2 Å². The summed E-state index contributed by atoms with van der Waals surface area (Å²) in [6.07, 6.45) is 3.64.